The summed E-state index contributed by atoms with van der Waals surface area (Å²) in [6.07, 6.45) is 5.35. The number of ether oxygens (including phenoxy) is 4. The summed E-state index contributed by atoms with van der Waals surface area (Å²) < 4.78 is 22.3. The maximum Gasteiger partial charge on any atom is 0.203 e. The maximum atomic E-state index is 6.01. The molecule has 148 valence electrons. The number of hydrogen-bond donors (Lipinski definition) is 2. The van der Waals surface area contributed by atoms with E-state index in [0.29, 0.717) is 40.7 Å². The van der Waals surface area contributed by atoms with E-state index in [2.05, 4.69) is 15.6 Å². The highest BCUT2D eigenvalue weighted by Gasteiger charge is 2.66. The smallest absolute Gasteiger partial charge is 0.203 e. The van der Waals surface area contributed by atoms with Gasteiger partial charge in [-0.1, -0.05) is 6.42 Å². The minimum atomic E-state index is 0.300. The number of methoxy groups -OCH3 is 3. The summed E-state index contributed by atoms with van der Waals surface area (Å²) in [5.41, 5.74) is 1.13. The molecule has 2 aliphatic carbocycles. The highest BCUT2D eigenvalue weighted by Crippen LogP contribution is 2.62. The van der Waals surface area contributed by atoms with Crippen LogP contribution in [0.15, 0.2) is 17.1 Å². The van der Waals surface area contributed by atoms with Crippen LogP contribution in [-0.4, -0.2) is 53.1 Å². The molecule has 0 amide bonds. The maximum absolute atomic E-state index is 6.01. The fourth-order valence-corrected chi connectivity index (χ4v) is 5.05. The number of rotatable bonds is 5. The summed E-state index contributed by atoms with van der Waals surface area (Å²) in [5, 5.41) is 7.04. The lowest BCUT2D eigenvalue weighted by Gasteiger charge is -2.63. The summed E-state index contributed by atoms with van der Waals surface area (Å²) in [5.74, 6) is 3.14. The average molecular weight is 375 g/mol. The van der Waals surface area contributed by atoms with E-state index in [1.807, 2.05) is 12.1 Å². The van der Waals surface area contributed by atoms with Crippen molar-refractivity contribution in [3.63, 3.8) is 0 Å². The van der Waals surface area contributed by atoms with Gasteiger partial charge in [0.2, 0.25) is 5.75 Å². The third kappa shape index (κ3) is 2.79. The lowest BCUT2D eigenvalue weighted by molar-refractivity contribution is -0.171. The van der Waals surface area contributed by atoms with Gasteiger partial charge in [0.15, 0.2) is 17.5 Å². The van der Waals surface area contributed by atoms with Crippen molar-refractivity contribution in [2.45, 2.75) is 37.8 Å². The third-order valence-corrected chi connectivity index (χ3v) is 6.48. The molecule has 7 heteroatoms. The summed E-state index contributed by atoms with van der Waals surface area (Å²) >= 11 is 0. The van der Waals surface area contributed by atoms with Gasteiger partial charge in [-0.25, -0.2) is 0 Å². The lowest BCUT2D eigenvalue weighted by atomic mass is 9.46. The Labute approximate surface area is 160 Å². The number of nitrogens with one attached hydrogen (secondary N) is 2. The molecule has 3 aliphatic rings. The van der Waals surface area contributed by atoms with E-state index in [1.54, 1.807) is 28.4 Å². The second kappa shape index (κ2) is 7.11. The van der Waals surface area contributed by atoms with Crippen molar-refractivity contribution in [1.29, 1.82) is 0 Å². The molecule has 2 saturated carbocycles. The van der Waals surface area contributed by atoms with Crippen molar-refractivity contribution in [2.24, 2.45) is 16.3 Å². The fraction of sp³-hybridized carbons (Fsp3) is 0.650. The molecule has 0 aromatic heterocycles. The van der Waals surface area contributed by atoms with Crippen molar-refractivity contribution in [3.8, 4) is 17.2 Å². The van der Waals surface area contributed by atoms with Gasteiger partial charge in [0.25, 0.3) is 0 Å². The van der Waals surface area contributed by atoms with Crippen LogP contribution in [0.25, 0.3) is 0 Å². The number of benzene rings is 1. The molecule has 1 heterocycles. The Kier molecular flexibility index (Phi) is 4.80. The van der Waals surface area contributed by atoms with Gasteiger partial charge in [0.1, 0.15) is 0 Å². The molecule has 7 nitrogen and oxygen atoms in total. The molecule has 0 bridgehead atoms. The van der Waals surface area contributed by atoms with E-state index in [1.165, 1.54) is 19.3 Å². The zero-order valence-corrected chi connectivity index (χ0v) is 16.5. The number of guanidine groups is 1. The fourth-order valence-electron chi connectivity index (χ4n) is 5.05. The van der Waals surface area contributed by atoms with E-state index >= 15 is 0 Å². The Balaban J connectivity index is 1.51. The van der Waals surface area contributed by atoms with E-state index in [9.17, 15) is 0 Å². The number of aliphatic imine (C=N–C) groups is 1. The molecule has 3 atom stereocenters. The molecule has 4 rings (SSSR count). The molecule has 3 unspecified atom stereocenters. The molecule has 2 N–H and O–H groups in total. The summed E-state index contributed by atoms with van der Waals surface area (Å²) in [4.78, 5) is 4.44. The Morgan fingerprint density at radius 1 is 1.15 bits per heavy atom. The highest BCUT2D eigenvalue weighted by atomic mass is 16.5. The van der Waals surface area contributed by atoms with Crippen LogP contribution < -0.4 is 24.8 Å². The monoisotopic (exact) mass is 375 g/mol. The second-order valence-electron chi connectivity index (χ2n) is 7.56. The third-order valence-electron chi connectivity index (χ3n) is 6.48. The molecule has 1 aromatic rings. The minimum absolute atomic E-state index is 0.300. The van der Waals surface area contributed by atoms with Crippen LogP contribution in [0.1, 0.15) is 25.7 Å². The normalized spacial score (nSPS) is 28.0. The first-order valence-electron chi connectivity index (χ1n) is 9.59. The zero-order valence-electron chi connectivity index (χ0n) is 16.5. The van der Waals surface area contributed by atoms with Crippen molar-refractivity contribution in [2.75, 3.05) is 40.3 Å². The van der Waals surface area contributed by atoms with Crippen molar-refractivity contribution >= 4 is 11.6 Å². The van der Waals surface area contributed by atoms with Gasteiger partial charge < -0.3 is 29.6 Å². The van der Waals surface area contributed by atoms with Crippen LogP contribution in [-0.2, 0) is 4.74 Å². The second-order valence-corrected chi connectivity index (χ2v) is 7.56. The van der Waals surface area contributed by atoms with Crippen molar-refractivity contribution in [1.82, 2.24) is 5.32 Å². The predicted molar refractivity (Wildman–Crippen MR) is 104 cm³/mol. The van der Waals surface area contributed by atoms with Gasteiger partial charge in [-0.3, -0.25) is 4.99 Å². The van der Waals surface area contributed by atoms with Gasteiger partial charge in [-0.2, -0.15) is 0 Å². The Morgan fingerprint density at radius 2 is 1.85 bits per heavy atom. The first-order chi connectivity index (χ1) is 13.2. The predicted octanol–water partition coefficient (Wildman–Crippen LogP) is 2.66. The Morgan fingerprint density at radius 3 is 2.37 bits per heavy atom. The van der Waals surface area contributed by atoms with Crippen LogP contribution in [0.4, 0.5) is 5.69 Å². The molecular formula is C20H29N3O4. The van der Waals surface area contributed by atoms with E-state index in [4.69, 9.17) is 18.9 Å². The molecular weight excluding hydrogens is 346 g/mol. The van der Waals surface area contributed by atoms with Crippen molar-refractivity contribution in [3.05, 3.63) is 12.1 Å². The molecule has 1 spiro atoms. The average Bonchev–Trinajstić information content (AvgIpc) is 3.07. The Hall–Kier alpha value is -2.15. The lowest BCUT2D eigenvalue weighted by Crippen LogP contribution is -2.72. The van der Waals surface area contributed by atoms with Crippen LogP contribution in [0.5, 0.6) is 17.2 Å². The first-order valence-corrected chi connectivity index (χ1v) is 9.59. The molecule has 1 saturated heterocycles. The standard InChI is InChI=1S/C20H29N3O4/c1-21-19(22-12-10-14(24-2)16(26-4)15(11-12)25-3)23-17-13-6-9-27-18(13)20(17)7-5-8-20/h10-11,13,17-18H,5-9H2,1-4H3,(H2,21,22,23). The molecule has 1 aromatic carbocycles. The number of anilines is 1. The number of nitrogens with zero attached hydrogens (tertiary/aromatic N) is 1. The summed E-state index contributed by atoms with van der Waals surface area (Å²) in [6, 6.07) is 4.19. The summed E-state index contributed by atoms with van der Waals surface area (Å²) in [6.45, 7) is 0.883. The van der Waals surface area contributed by atoms with E-state index in [0.717, 1.165) is 24.7 Å². The Bertz CT molecular complexity index is 707. The number of fused-ring (bicyclic) bond motifs is 2. The van der Waals surface area contributed by atoms with Crippen LogP contribution in [0.3, 0.4) is 0 Å². The van der Waals surface area contributed by atoms with Gasteiger partial charge in [-0.15, -0.1) is 0 Å². The van der Waals surface area contributed by atoms with Crippen LogP contribution >= 0.6 is 0 Å². The van der Waals surface area contributed by atoms with Gasteiger partial charge >= 0.3 is 0 Å². The van der Waals surface area contributed by atoms with Crippen molar-refractivity contribution < 1.29 is 18.9 Å². The molecule has 3 fully saturated rings. The van der Waals surface area contributed by atoms with Gasteiger partial charge in [0.05, 0.1) is 27.4 Å². The minimum Gasteiger partial charge on any atom is -0.493 e. The quantitative estimate of drug-likeness (QED) is 0.609. The van der Waals surface area contributed by atoms with E-state index < -0.39 is 0 Å². The van der Waals surface area contributed by atoms with Gasteiger partial charge in [0, 0.05) is 48.8 Å². The zero-order chi connectivity index (χ0) is 19.0. The largest absolute Gasteiger partial charge is 0.493 e. The van der Waals surface area contributed by atoms with E-state index in [-0.39, 0.29) is 0 Å². The topological polar surface area (TPSA) is 73.3 Å². The molecule has 27 heavy (non-hydrogen) atoms. The summed E-state index contributed by atoms with van der Waals surface area (Å²) in [7, 11) is 6.62. The van der Waals surface area contributed by atoms with Crippen LogP contribution in [0.2, 0.25) is 0 Å². The van der Waals surface area contributed by atoms with Gasteiger partial charge in [-0.05, 0) is 19.3 Å². The molecule has 1 aliphatic heterocycles. The SMILES string of the molecule is CN=C(Nc1cc(OC)c(OC)c(OC)c1)NC1C2CCOC2C12CCC2. The number of hydrogen-bond acceptors (Lipinski definition) is 5. The first kappa shape index (κ1) is 18.2. The highest BCUT2D eigenvalue weighted by molar-refractivity contribution is 5.94. The molecule has 0 radical (unpaired) electrons. The van der Waals surface area contributed by atoms with Crippen LogP contribution in [0, 0.1) is 11.3 Å².